The molecule has 0 aliphatic heterocycles. The Bertz CT molecular complexity index is 300. The van der Waals surface area contributed by atoms with Crippen molar-refractivity contribution in [1.82, 2.24) is 4.98 Å². The van der Waals surface area contributed by atoms with Crippen molar-refractivity contribution in [1.29, 1.82) is 0 Å². The van der Waals surface area contributed by atoms with Gasteiger partial charge in [-0.15, -0.1) is 0 Å². The smallest absolute Gasteiger partial charge is 0.305 e. The number of aliphatic carboxylic acids is 1. The first-order valence-corrected chi connectivity index (χ1v) is 4.42. The van der Waals surface area contributed by atoms with Crippen LogP contribution in [0.4, 0.5) is 0 Å². The van der Waals surface area contributed by atoms with Crippen molar-refractivity contribution >= 4 is 17.3 Å². The Morgan fingerprint density at radius 2 is 2.62 bits per heavy atom. The molecule has 13 heavy (non-hydrogen) atoms. The zero-order valence-electron chi connectivity index (χ0n) is 7.06. The van der Waals surface area contributed by atoms with Crippen molar-refractivity contribution in [2.45, 2.75) is 12.5 Å². The molecule has 6 heteroatoms. The fourth-order valence-corrected chi connectivity index (χ4v) is 1.55. The van der Waals surface area contributed by atoms with Gasteiger partial charge in [0.15, 0.2) is 0 Å². The van der Waals surface area contributed by atoms with E-state index in [0.29, 0.717) is 5.19 Å². The number of methoxy groups -OCH3 is 1. The van der Waals surface area contributed by atoms with Gasteiger partial charge in [0.2, 0.25) is 0 Å². The maximum atomic E-state index is 10.3. The number of nitrogens with zero attached hydrogens (tertiary/aromatic N) is 1. The summed E-state index contributed by atoms with van der Waals surface area (Å²) in [5.74, 6) is -0.917. The molecule has 0 unspecified atom stereocenters. The normalized spacial score (nSPS) is 12.5. The molecule has 1 heterocycles. The van der Waals surface area contributed by atoms with Crippen LogP contribution in [0.3, 0.4) is 0 Å². The molecule has 3 N–H and O–H groups in total. The highest BCUT2D eigenvalue weighted by Gasteiger charge is 2.13. The van der Waals surface area contributed by atoms with Gasteiger partial charge >= 0.3 is 5.97 Å². The van der Waals surface area contributed by atoms with Crippen LogP contribution in [0.15, 0.2) is 6.20 Å². The monoisotopic (exact) mass is 202 g/mol. The van der Waals surface area contributed by atoms with Gasteiger partial charge in [0.25, 0.3) is 5.19 Å². The molecule has 1 aromatic heterocycles. The summed E-state index contributed by atoms with van der Waals surface area (Å²) >= 11 is 1.26. The third-order valence-corrected chi connectivity index (χ3v) is 2.53. The van der Waals surface area contributed by atoms with E-state index in [2.05, 4.69) is 4.98 Å². The van der Waals surface area contributed by atoms with E-state index < -0.39 is 12.0 Å². The number of thiazole rings is 1. The Morgan fingerprint density at radius 3 is 3.08 bits per heavy atom. The van der Waals surface area contributed by atoms with E-state index in [-0.39, 0.29) is 6.42 Å². The van der Waals surface area contributed by atoms with Crippen molar-refractivity contribution < 1.29 is 14.6 Å². The van der Waals surface area contributed by atoms with E-state index in [1.54, 1.807) is 0 Å². The number of ether oxygens (including phenoxy) is 1. The van der Waals surface area contributed by atoms with E-state index in [0.717, 1.165) is 4.88 Å². The van der Waals surface area contributed by atoms with Gasteiger partial charge < -0.3 is 15.6 Å². The lowest BCUT2D eigenvalue weighted by atomic mass is 10.2. The average Bonchev–Trinajstić information content (AvgIpc) is 2.50. The number of carboxylic acid groups (broad SMARTS) is 1. The Kier molecular flexibility index (Phi) is 3.21. The molecule has 1 aromatic rings. The summed E-state index contributed by atoms with van der Waals surface area (Å²) < 4.78 is 4.85. The minimum absolute atomic E-state index is 0.0919. The maximum absolute atomic E-state index is 10.3. The molecule has 0 saturated carbocycles. The molecule has 1 atom stereocenters. The van der Waals surface area contributed by atoms with Crippen LogP contribution < -0.4 is 10.5 Å². The average molecular weight is 202 g/mol. The Labute approximate surface area is 79.2 Å². The summed E-state index contributed by atoms with van der Waals surface area (Å²) in [6, 6.07) is -0.501. The lowest BCUT2D eigenvalue weighted by Crippen LogP contribution is -2.13. The van der Waals surface area contributed by atoms with Gasteiger partial charge in [-0.25, -0.2) is 4.98 Å². The molecule has 0 aliphatic rings. The first kappa shape index (κ1) is 9.94. The number of rotatable bonds is 4. The number of hydrogen-bond acceptors (Lipinski definition) is 5. The van der Waals surface area contributed by atoms with E-state index >= 15 is 0 Å². The van der Waals surface area contributed by atoms with Gasteiger partial charge in [0.1, 0.15) is 0 Å². The maximum Gasteiger partial charge on any atom is 0.305 e. The van der Waals surface area contributed by atoms with Crippen LogP contribution in [0.5, 0.6) is 5.19 Å². The first-order valence-electron chi connectivity index (χ1n) is 3.60. The minimum atomic E-state index is -0.917. The minimum Gasteiger partial charge on any atom is -0.481 e. The summed E-state index contributed by atoms with van der Waals surface area (Å²) in [4.78, 5) is 14.9. The number of carbonyl (C=O) groups is 1. The van der Waals surface area contributed by atoms with Gasteiger partial charge in [-0.3, -0.25) is 4.79 Å². The zero-order valence-corrected chi connectivity index (χ0v) is 7.87. The molecular weight excluding hydrogens is 192 g/mol. The van der Waals surface area contributed by atoms with Crippen molar-refractivity contribution in [3.63, 3.8) is 0 Å². The summed E-state index contributed by atoms with van der Waals surface area (Å²) in [6.45, 7) is 0. The lowest BCUT2D eigenvalue weighted by molar-refractivity contribution is -0.137. The van der Waals surface area contributed by atoms with Crippen LogP contribution in [0.1, 0.15) is 17.3 Å². The zero-order chi connectivity index (χ0) is 9.84. The fourth-order valence-electron chi connectivity index (χ4n) is 0.824. The Morgan fingerprint density at radius 1 is 1.92 bits per heavy atom. The first-order chi connectivity index (χ1) is 6.13. The highest BCUT2D eigenvalue weighted by atomic mass is 32.1. The van der Waals surface area contributed by atoms with Crippen molar-refractivity contribution in [2.24, 2.45) is 5.73 Å². The number of hydrogen-bond donors (Lipinski definition) is 2. The highest BCUT2D eigenvalue weighted by Crippen LogP contribution is 2.25. The quantitative estimate of drug-likeness (QED) is 0.747. The van der Waals surface area contributed by atoms with Crippen LogP contribution in [-0.4, -0.2) is 23.2 Å². The molecule has 0 fully saturated rings. The third kappa shape index (κ3) is 2.67. The molecular formula is C7H10N2O3S. The molecule has 72 valence electrons. The number of nitrogens with two attached hydrogens (primary N) is 1. The summed E-state index contributed by atoms with van der Waals surface area (Å²) in [5, 5.41) is 8.98. The van der Waals surface area contributed by atoms with Gasteiger partial charge in [-0.2, -0.15) is 0 Å². The highest BCUT2D eigenvalue weighted by molar-refractivity contribution is 7.13. The van der Waals surface area contributed by atoms with Crippen LogP contribution >= 0.6 is 11.3 Å². The van der Waals surface area contributed by atoms with Crippen molar-refractivity contribution in [3.05, 3.63) is 11.1 Å². The fraction of sp³-hybridized carbons (Fsp3) is 0.429. The Hall–Kier alpha value is -1.14. The van der Waals surface area contributed by atoms with E-state index in [9.17, 15) is 4.79 Å². The molecule has 0 radical (unpaired) electrons. The van der Waals surface area contributed by atoms with Crippen LogP contribution in [-0.2, 0) is 4.79 Å². The molecule has 5 nitrogen and oxygen atoms in total. The van der Waals surface area contributed by atoms with Gasteiger partial charge in [-0.1, -0.05) is 11.3 Å². The second-order valence-corrected chi connectivity index (χ2v) is 3.46. The molecule has 1 rings (SSSR count). The molecule has 0 aliphatic carbocycles. The van der Waals surface area contributed by atoms with Gasteiger partial charge in [0, 0.05) is 11.1 Å². The largest absolute Gasteiger partial charge is 0.481 e. The van der Waals surface area contributed by atoms with E-state index in [1.165, 1.54) is 24.6 Å². The molecule has 0 amide bonds. The lowest BCUT2D eigenvalue weighted by Gasteiger charge is -2.03. The predicted octanol–water partition coefficient (Wildman–Crippen LogP) is 0.626. The Balaban J connectivity index is 2.65. The van der Waals surface area contributed by atoms with Gasteiger partial charge in [0.05, 0.1) is 19.6 Å². The van der Waals surface area contributed by atoms with E-state index in [1.807, 2.05) is 0 Å². The van der Waals surface area contributed by atoms with E-state index in [4.69, 9.17) is 15.6 Å². The number of carboxylic acids is 1. The molecule has 0 spiro atoms. The second kappa shape index (κ2) is 4.20. The SMILES string of the molecule is COc1ncc([C@@H](N)CC(=O)O)s1. The van der Waals surface area contributed by atoms with Gasteiger partial charge in [-0.05, 0) is 0 Å². The number of aromatic nitrogens is 1. The van der Waals surface area contributed by atoms with Crippen LogP contribution in [0, 0.1) is 0 Å². The molecule has 0 aromatic carbocycles. The second-order valence-electron chi connectivity index (χ2n) is 2.44. The summed E-state index contributed by atoms with van der Waals surface area (Å²) in [6.07, 6.45) is 1.45. The standard InChI is InChI=1S/C7H10N2O3S/c1-12-7-9-3-5(13-7)4(8)2-6(10)11/h3-4H,2,8H2,1H3,(H,10,11)/t4-/m0/s1. The van der Waals surface area contributed by atoms with Crippen molar-refractivity contribution in [2.75, 3.05) is 7.11 Å². The topological polar surface area (TPSA) is 85.4 Å². The van der Waals surface area contributed by atoms with Crippen LogP contribution in [0.2, 0.25) is 0 Å². The molecule has 0 bridgehead atoms. The summed E-state index contributed by atoms with van der Waals surface area (Å²) in [5.41, 5.74) is 5.60. The van der Waals surface area contributed by atoms with Crippen LogP contribution in [0.25, 0.3) is 0 Å². The summed E-state index contributed by atoms with van der Waals surface area (Å²) in [7, 11) is 1.51. The predicted molar refractivity (Wildman–Crippen MR) is 47.8 cm³/mol. The van der Waals surface area contributed by atoms with Crippen molar-refractivity contribution in [3.8, 4) is 5.19 Å². The third-order valence-electron chi connectivity index (χ3n) is 1.44. The molecule has 0 saturated heterocycles.